The first kappa shape index (κ1) is 19.7. The largest absolute Gasteiger partial charge is 0.465 e. The number of benzene rings is 2. The Morgan fingerprint density at radius 2 is 2.00 bits per heavy atom. The van der Waals surface area contributed by atoms with E-state index >= 15 is 0 Å². The number of thiazole rings is 1. The van der Waals surface area contributed by atoms with Gasteiger partial charge < -0.3 is 9.30 Å². The fraction of sp³-hybridized carbons (Fsp3) is 0.200. The average molecular weight is 439 g/mol. The van der Waals surface area contributed by atoms with Gasteiger partial charge in [0.1, 0.15) is 22.9 Å². The summed E-state index contributed by atoms with van der Waals surface area (Å²) in [7, 11) is 0. The van der Waals surface area contributed by atoms with E-state index < -0.39 is 23.4 Å². The minimum atomic E-state index is -1.30. The molecule has 0 bridgehead atoms. The van der Waals surface area contributed by atoms with Gasteiger partial charge in [-0.2, -0.15) is 0 Å². The lowest BCUT2D eigenvalue weighted by molar-refractivity contribution is -0.143. The van der Waals surface area contributed by atoms with Crippen LogP contribution in [0.4, 0.5) is 13.2 Å². The number of halogens is 4. The molecule has 0 saturated carbocycles. The van der Waals surface area contributed by atoms with Crippen molar-refractivity contribution in [2.75, 3.05) is 6.61 Å². The molecule has 9 heteroatoms. The van der Waals surface area contributed by atoms with Gasteiger partial charge in [-0.25, -0.2) is 18.2 Å². The minimum absolute atomic E-state index is 0.0416. The lowest BCUT2D eigenvalue weighted by atomic mass is 10.1. The lowest BCUT2D eigenvalue weighted by Gasteiger charge is -2.07. The van der Waals surface area contributed by atoms with E-state index in [4.69, 9.17) is 16.3 Å². The molecule has 2 heterocycles. The number of rotatable bonds is 4. The Bertz CT molecular complexity index is 1280. The maximum atomic E-state index is 14.2. The maximum absolute atomic E-state index is 14.2. The topological polar surface area (TPSA) is 44.1 Å². The van der Waals surface area contributed by atoms with Crippen LogP contribution < -0.4 is 0 Å². The van der Waals surface area contributed by atoms with Gasteiger partial charge in [0.15, 0.2) is 11.6 Å². The van der Waals surface area contributed by atoms with Gasteiger partial charge in [-0.15, -0.1) is 11.3 Å². The van der Waals surface area contributed by atoms with Crippen LogP contribution in [0.25, 0.3) is 31.7 Å². The van der Waals surface area contributed by atoms with Crippen LogP contribution >= 0.6 is 22.9 Å². The molecule has 0 spiro atoms. The molecule has 150 valence electrons. The predicted octanol–water partition coefficient (Wildman–Crippen LogP) is 5.86. The van der Waals surface area contributed by atoms with Crippen LogP contribution in [0.15, 0.2) is 24.3 Å². The van der Waals surface area contributed by atoms with Crippen molar-refractivity contribution in [1.29, 1.82) is 0 Å². The molecule has 0 atom stereocenters. The van der Waals surface area contributed by atoms with Gasteiger partial charge in [0.05, 0.1) is 11.3 Å². The van der Waals surface area contributed by atoms with Crippen molar-refractivity contribution in [3.05, 3.63) is 52.4 Å². The molecule has 0 aliphatic carbocycles. The summed E-state index contributed by atoms with van der Waals surface area (Å²) >= 11 is 7.07. The number of ether oxygens (including phenoxy) is 1. The quantitative estimate of drug-likeness (QED) is 0.296. The highest BCUT2D eigenvalue weighted by Crippen LogP contribution is 2.41. The summed E-state index contributed by atoms with van der Waals surface area (Å²) in [5.74, 6) is -3.79. The second-order valence-electron chi connectivity index (χ2n) is 6.36. The molecule has 0 radical (unpaired) electrons. The molecule has 2 aromatic carbocycles. The van der Waals surface area contributed by atoms with Gasteiger partial charge in [-0.3, -0.25) is 4.79 Å². The number of hydrogen-bond acceptors (Lipinski definition) is 4. The number of carbonyl (C=O) groups excluding carboxylic acids is 1. The molecule has 0 fully saturated rings. The molecule has 2 aromatic heterocycles. The fourth-order valence-electron chi connectivity index (χ4n) is 3.35. The summed E-state index contributed by atoms with van der Waals surface area (Å²) in [5.41, 5.74) is 1.56. The van der Waals surface area contributed by atoms with Crippen LogP contribution in [0.3, 0.4) is 0 Å². The first-order valence-corrected chi connectivity index (χ1v) is 9.89. The van der Waals surface area contributed by atoms with Crippen LogP contribution in [-0.4, -0.2) is 22.1 Å². The standard InChI is InChI=1S/C20H14ClF3N2O2S/c1-3-28-15(27)8-26-9(2)16(11-6-10(21)4-5-14(11)26)20-25-18-17(24)12(22)7-13(23)19(18)29-20/h4-7H,3,8H2,1-2H3. The summed E-state index contributed by atoms with van der Waals surface area (Å²) < 4.78 is 48.6. The number of esters is 1. The number of aromatic nitrogens is 2. The molecular formula is C20H14ClF3N2O2S. The Balaban J connectivity index is 1.99. The second-order valence-corrected chi connectivity index (χ2v) is 7.80. The Morgan fingerprint density at radius 1 is 1.24 bits per heavy atom. The molecule has 4 nitrogen and oxygen atoms in total. The third kappa shape index (κ3) is 3.26. The zero-order valence-corrected chi connectivity index (χ0v) is 16.9. The molecule has 0 saturated heterocycles. The summed E-state index contributed by atoms with van der Waals surface area (Å²) in [6, 6.07) is 5.64. The number of nitrogens with zero attached hydrogens (tertiary/aromatic N) is 2. The summed E-state index contributed by atoms with van der Waals surface area (Å²) in [6.07, 6.45) is 0. The highest BCUT2D eigenvalue weighted by molar-refractivity contribution is 7.21. The molecule has 4 aromatic rings. The molecule has 0 amide bonds. The molecule has 0 aliphatic heterocycles. The zero-order chi connectivity index (χ0) is 20.9. The summed E-state index contributed by atoms with van der Waals surface area (Å²) in [6.45, 7) is 3.69. The van der Waals surface area contributed by atoms with Crippen LogP contribution in [-0.2, 0) is 16.1 Å². The van der Waals surface area contributed by atoms with Crippen molar-refractivity contribution in [1.82, 2.24) is 9.55 Å². The fourth-order valence-corrected chi connectivity index (χ4v) is 4.61. The Kier molecular flexibility index (Phi) is 5.00. The molecule has 4 rings (SSSR count). The van der Waals surface area contributed by atoms with Crippen molar-refractivity contribution in [2.45, 2.75) is 20.4 Å². The van der Waals surface area contributed by atoms with Gasteiger partial charge in [-0.1, -0.05) is 11.6 Å². The van der Waals surface area contributed by atoms with Crippen LogP contribution in [0, 0.1) is 24.4 Å². The van der Waals surface area contributed by atoms with Gasteiger partial charge in [0, 0.05) is 33.2 Å². The number of carbonyl (C=O) groups is 1. The van der Waals surface area contributed by atoms with E-state index in [0.717, 1.165) is 11.3 Å². The van der Waals surface area contributed by atoms with E-state index in [1.165, 1.54) is 0 Å². The van der Waals surface area contributed by atoms with E-state index in [9.17, 15) is 18.0 Å². The van der Waals surface area contributed by atoms with Crippen LogP contribution in [0.5, 0.6) is 0 Å². The molecule has 0 N–H and O–H groups in total. The van der Waals surface area contributed by atoms with Gasteiger partial charge in [0.2, 0.25) is 0 Å². The van der Waals surface area contributed by atoms with Gasteiger partial charge in [-0.05, 0) is 32.0 Å². The predicted molar refractivity (Wildman–Crippen MR) is 107 cm³/mol. The van der Waals surface area contributed by atoms with Gasteiger partial charge >= 0.3 is 5.97 Å². The van der Waals surface area contributed by atoms with E-state index in [-0.39, 0.29) is 23.4 Å². The second kappa shape index (κ2) is 7.35. The molecule has 29 heavy (non-hydrogen) atoms. The third-order valence-electron chi connectivity index (χ3n) is 4.61. The number of fused-ring (bicyclic) bond motifs is 2. The Labute approximate surface area is 172 Å². The van der Waals surface area contributed by atoms with E-state index in [2.05, 4.69) is 4.98 Å². The van der Waals surface area contributed by atoms with Crippen molar-refractivity contribution in [3.8, 4) is 10.6 Å². The SMILES string of the molecule is CCOC(=O)Cn1c(C)c(-c2nc3c(F)c(F)cc(F)c3s2)c2cc(Cl)ccc21. The van der Waals surface area contributed by atoms with Crippen molar-refractivity contribution < 1.29 is 22.7 Å². The number of hydrogen-bond donors (Lipinski definition) is 0. The van der Waals surface area contributed by atoms with E-state index in [1.54, 1.807) is 36.6 Å². The van der Waals surface area contributed by atoms with Crippen LogP contribution in [0.1, 0.15) is 12.6 Å². The van der Waals surface area contributed by atoms with Crippen molar-refractivity contribution >= 4 is 50.0 Å². The highest BCUT2D eigenvalue weighted by Gasteiger charge is 2.23. The van der Waals surface area contributed by atoms with Gasteiger partial charge in [0.25, 0.3) is 0 Å². The van der Waals surface area contributed by atoms with E-state index in [1.807, 2.05) is 0 Å². The first-order valence-electron chi connectivity index (χ1n) is 8.70. The highest BCUT2D eigenvalue weighted by atomic mass is 35.5. The Hall–Kier alpha value is -2.58. The van der Waals surface area contributed by atoms with E-state index in [0.29, 0.717) is 38.3 Å². The minimum Gasteiger partial charge on any atom is -0.465 e. The third-order valence-corrected chi connectivity index (χ3v) is 5.92. The van der Waals surface area contributed by atoms with Crippen molar-refractivity contribution in [3.63, 3.8) is 0 Å². The smallest absolute Gasteiger partial charge is 0.325 e. The zero-order valence-electron chi connectivity index (χ0n) is 15.4. The average Bonchev–Trinajstić information content (AvgIpc) is 3.20. The summed E-state index contributed by atoms with van der Waals surface area (Å²) in [5, 5.41) is 1.42. The normalized spacial score (nSPS) is 11.5. The molecule has 0 unspecified atom stereocenters. The van der Waals surface area contributed by atoms with Crippen molar-refractivity contribution in [2.24, 2.45) is 0 Å². The summed E-state index contributed by atoms with van der Waals surface area (Å²) in [4.78, 5) is 16.2. The lowest BCUT2D eigenvalue weighted by Crippen LogP contribution is -2.14. The Morgan fingerprint density at radius 3 is 2.72 bits per heavy atom. The maximum Gasteiger partial charge on any atom is 0.325 e. The molecule has 0 aliphatic rings. The monoisotopic (exact) mass is 438 g/mol. The first-order chi connectivity index (χ1) is 13.8. The molecular weight excluding hydrogens is 425 g/mol. The van der Waals surface area contributed by atoms with Crippen LogP contribution in [0.2, 0.25) is 5.02 Å².